The van der Waals surface area contributed by atoms with E-state index in [1.165, 1.54) is 6.42 Å². The second kappa shape index (κ2) is 5.07. The van der Waals surface area contributed by atoms with Gasteiger partial charge in [0.2, 0.25) is 0 Å². The van der Waals surface area contributed by atoms with Crippen molar-refractivity contribution in [3.8, 4) is 0 Å². The van der Waals surface area contributed by atoms with Crippen LogP contribution in [0.4, 0.5) is 4.79 Å². The summed E-state index contributed by atoms with van der Waals surface area (Å²) in [6, 6.07) is 0. The Balaban J connectivity index is 2.39. The molecule has 0 unspecified atom stereocenters. The summed E-state index contributed by atoms with van der Waals surface area (Å²) >= 11 is 0. The van der Waals surface area contributed by atoms with E-state index >= 15 is 0 Å². The SMILES string of the molecule is NC(=O)O[C@H](CO)C1CCCCC1. The first-order valence-electron chi connectivity index (χ1n) is 4.81. The van der Waals surface area contributed by atoms with Gasteiger partial charge in [0.1, 0.15) is 6.10 Å². The van der Waals surface area contributed by atoms with E-state index in [0.29, 0.717) is 5.92 Å². The van der Waals surface area contributed by atoms with Crippen molar-refractivity contribution in [3.63, 3.8) is 0 Å². The summed E-state index contributed by atoms with van der Waals surface area (Å²) in [5.41, 5.74) is 4.90. The number of ether oxygens (including phenoxy) is 1. The van der Waals surface area contributed by atoms with Gasteiger partial charge in [0, 0.05) is 0 Å². The van der Waals surface area contributed by atoms with Crippen LogP contribution in [0.1, 0.15) is 32.1 Å². The van der Waals surface area contributed by atoms with Gasteiger partial charge in [-0.25, -0.2) is 4.79 Å². The number of carbonyl (C=O) groups is 1. The van der Waals surface area contributed by atoms with Gasteiger partial charge in [-0.3, -0.25) is 0 Å². The number of hydrogen-bond acceptors (Lipinski definition) is 3. The topological polar surface area (TPSA) is 72.6 Å². The second-order valence-corrected chi connectivity index (χ2v) is 3.56. The van der Waals surface area contributed by atoms with E-state index in [1.807, 2.05) is 0 Å². The zero-order chi connectivity index (χ0) is 9.68. The third-order valence-electron chi connectivity index (χ3n) is 2.62. The average Bonchev–Trinajstić information content (AvgIpc) is 2.15. The monoisotopic (exact) mass is 187 g/mol. The normalized spacial score (nSPS) is 21.0. The highest BCUT2D eigenvalue weighted by Gasteiger charge is 2.25. The van der Waals surface area contributed by atoms with E-state index in [2.05, 4.69) is 0 Å². The third kappa shape index (κ3) is 3.22. The van der Waals surface area contributed by atoms with Crippen LogP contribution >= 0.6 is 0 Å². The fourth-order valence-corrected chi connectivity index (χ4v) is 1.94. The smallest absolute Gasteiger partial charge is 0.404 e. The van der Waals surface area contributed by atoms with Crippen LogP contribution in [-0.4, -0.2) is 23.9 Å². The lowest BCUT2D eigenvalue weighted by molar-refractivity contribution is 0.0155. The molecular formula is C9H17NO3. The fourth-order valence-electron chi connectivity index (χ4n) is 1.94. The molecule has 1 amide bonds. The number of aliphatic hydroxyl groups excluding tert-OH is 1. The molecule has 0 aromatic heterocycles. The zero-order valence-corrected chi connectivity index (χ0v) is 7.74. The van der Waals surface area contributed by atoms with Gasteiger partial charge in [-0.15, -0.1) is 0 Å². The number of rotatable bonds is 3. The molecule has 13 heavy (non-hydrogen) atoms. The fraction of sp³-hybridized carbons (Fsp3) is 0.889. The van der Waals surface area contributed by atoms with Crippen LogP contribution in [0.25, 0.3) is 0 Å². The predicted octanol–water partition coefficient (Wildman–Crippen LogP) is 1.02. The van der Waals surface area contributed by atoms with Gasteiger partial charge in [-0.05, 0) is 18.8 Å². The molecule has 4 nitrogen and oxygen atoms in total. The summed E-state index contributed by atoms with van der Waals surface area (Å²) in [5.74, 6) is 0.297. The van der Waals surface area contributed by atoms with Gasteiger partial charge >= 0.3 is 6.09 Å². The molecule has 1 saturated carbocycles. The molecule has 1 rings (SSSR count). The average molecular weight is 187 g/mol. The van der Waals surface area contributed by atoms with Crippen LogP contribution in [0.3, 0.4) is 0 Å². The van der Waals surface area contributed by atoms with Crippen molar-refractivity contribution in [3.05, 3.63) is 0 Å². The van der Waals surface area contributed by atoms with Gasteiger partial charge in [0.15, 0.2) is 0 Å². The molecule has 4 heteroatoms. The van der Waals surface area contributed by atoms with E-state index < -0.39 is 12.2 Å². The maximum Gasteiger partial charge on any atom is 0.404 e. The molecule has 0 heterocycles. The van der Waals surface area contributed by atoms with Gasteiger partial charge in [-0.2, -0.15) is 0 Å². The predicted molar refractivity (Wildman–Crippen MR) is 48.1 cm³/mol. The molecule has 1 fully saturated rings. The highest BCUT2D eigenvalue weighted by Crippen LogP contribution is 2.27. The number of carbonyl (C=O) groups excluding carboxylic acids is 1. The molecule has 3 N–H and O–H groups in total. The Morgan fingerprint density at radius 2 is 2.08 bits per heavy atom. The van der Waals surface area contributed by atoms with Gasteiger partial charge < -0.3 is 15.6 Å². The lowest BCUT2D eigenvalue weighted by Crippen LogP contribution is -2.33. The minimum atomic E-state index is -0.787. The van der Waals surface area contributed by atoms with Crippen molar-refractivity contribution in [2.45, 2.75) is 38.2 Å². The van der Waals surface area contributed by atoms with Gasteiger partial charge in [-0.1, -0.05) is 19.3 Å². The standard InChI is InChI=1S/C9H17NO3/c10-9(12)13-8(6-11)7-4-2-1-3-5-7/h7-8,11H,1-6H2,(H2,10,12)/t8-/m1/s1. The van der Waals surface area contributed by atoms with Crippen molar-refractivity contribution >= 4 is 6.09 Å². The Morgan fingerprint density at radius 3 is 2.54 bits per heavy atom. The number of hydrogen-bond donors (Lipinski definition) is 2. The zero-order valence-electron chi connectivity index (χ0n) is 7.74. The van der Waals surface area contributed by atoms with E-state index in [-0.39, 0.29) is 6.61 Å². The lowest BCUT2D eigenvalue weighted by Gasteiger charge is -2.27. The molecular weight excluding hydrogens is 170 g/mol. The first-order valence-corrected chi connectivity index (χ1v) is 4.81. The highest BCUT2D eigenvalue weighted by molar-refractivity contribution is 5.64. The first-order chi connectivity index (χ1) is 6.24. The lowest BCUT2D eigenvalue weighted by atomic mass is 9.85. The van der Waals surface area contributed by atoms with Crippen molar-refractivity contribution in [1.29, 1.82) is 0 Å². The van der Waals surface area contributed by atoms with E-state index in [1.54, 1.807) is 0 Å². The summed E-state index contributed by atoms with van der Waals surface area (Å²) in [6.07, 6.45) is 4.43. The number of nitrogens with two attached hydrogens (primary N) is 1. The molecule has 0 aromatic carbocycles. The van der Waals surface area contributed by atoms with Crippen LogP contribution < -0.4 is 5.73 Å². The largest absolute Gasteiger partial charge is 0.444 e. The second-order valence-electron chi connectivity index (χ2n) is 3.56. The van der Waals surface area contributed by atoms with Crippen LogP contribution in [-0.2, 0) is 4.74 Å². The molecule has 0 bridgehead atoms. The maximum absolute atomic E-state index is 10.5. The van der Waals surface area contributed by atoms with Crippen LogP contribution in [0.5, 0.6) is 0 Å². The molecule has 1 aliphatic carbocycles. The molecule has 0 spiro atoms. The quantitative estimate of drug-likeness (QED) is 0.693. The summed E-state index contributed by atoms with van der Waals surface area (Å²) in [6.45, 7) is -0.117. The molecule has 0 aliphatic heterocycles. The third-order valence-corrected chi connectivity index (χ3v) is 2.62. The van der Waals surface area contributed by atoms with Crippen molar-refractivity contribution in [2.75, 3.05) is 6.61 Å². The van der Waals surface area contributed by atoms with Gasteiger partial charge in [0.25, 0.3) is 0 Å². The van der Waals surface area contributed by atoms with Crippen molar-refractivity contribution in [1.82, 2.24) is 0 Å². The van der Waals surface area contributed by atoms with Crippen molar-refractivity contribution < 1.29 is 14.6 Å². The van der Waals surface area contributed by atoms with E-state index in [0.717, 1.165) is 25.7 Å². The van der Waals surface area contributed by atoms with Crippen molar-refractivity contribution in [2.24, 2.45) is 11.7 Å². The molecule has 0 saturated heterocycles. The molecule has 1 aliphatic rings. The van der Waals surface area contributed by atoms with Crippen LogP contribution in [0.15, 0.2) is 0 Å². The first kappa shape index (κ1) is 10.3. The summed E-state index contributed by atoms with van der Waals surface area (Å²) in [5, 5.41) is 8.99. The number of aliphatic hydroxyl groups is 1. The molecule has 0 radical (unpaired) electrons. The Bertz CT molecular complexity index is 166. The van der Waals surface area contributed by atoms with E-state index in [4.69, 9.17) is 15.6 Å². The number of primary amides is 1. The molecule has 1 atom stereocenters. The Hall–Kier alpha value is -0.770. The molecule has 0 aromatic rings. The number of amides is 1. The minimum absolute atomic E-state index is 0.117. The molecule has 76 valence electrons. The Morgan fingerprint density at radius 1 is 1.46 bits per heavy atom. The van der Waals surface area contributed by atoms with E-state index in [9.17, 15) is 4.79 Å². The Kier molecular flexibility index (Phi) is 4.02. The summed E-state index contributed by atoms with van der Waals surface area (Å²) < 4.78 is 4.83. The highest BCUT2D eigenvalue weighted by atomic mass is 16.6. The minimum Gasteiger partial charge on any atom is -0.444 e. The van der Waals surface area contributed by atoms with Crippen LogP contribution in [0, 0.1) is 5.92 Å². The Labute approximate surface area is 78.1 Å². The summed E-state index contributed by atoms with van der Waals surface area (Å²) in [7, 11) is 0. The van der Waals surface area contributed by atoms with Gasteiger partial charge in [0.05, 0.1) is 6.61 Å². The maximum atomic E-state index is 10.5. The van der Waals surface area contributed by atoms with Crippen LogP contribution in [0.2, 0.25) is 0 Å². The summed E-state index contributed by atoms with van der Waals surface area (Å²) in [4.78, 5) is 10.5.